The van der Waals surface area contributed by atoms with Crippen LogP contribution in [0.3, 0.4) is 0 Å². The van der Waals surface area contributed by atoms with Crippen LogP contribution in [0.15, 0.2) is 16.8 Å². The molecule has 2 aromatic heterocycles. The summed E-state index contributed by atoms with van der Waals surface area (Å²) in [6.45, 7) is 4.53. The van der Waals surface area contributed by atoms with Crippen molar-refractivity contribution in [3.8, 4) is 10.6 Å². The Morgan fingerprint density at radius 2 is 2.29 bits per heavy atom. The van der Waals surface area contributed by atoms with Crippen molar-refractivity contribution in [2.75, 3.05) is 20.1 Å². The van der Waals surface area contributed by atoms with Crippen molar-refractivity contribution in [1.82, 2.24) is 9.88 Å². The highest BCUT2D eigenvalue weighted by atomic mass is 32.1. The molecular weight excluding hydrogens is 248 g/mol. The molecule has 1 unspecified atom stereocenters. The van der Waals surface area contributed by atoms with Crippen molar-refractivity contribution in [3.05, 3.63) is 27.4 Å². The highest BCUT2D eigenvalue weighted by molar-refractivity contribution is 7.14. The molecule has 3 rings (SSSR count). The Morgan fingerprint density at radius 1 is 1.41 bits per heavy atom. The first kappa shape index (κ1) is 11.4. The number of likely N-dealkylation sites (tertiary alicyclic amines) is 1. The van der Waals surface area contributed by atoms with E-state index in [1.54, 1.807) is 11.3 Å². The maximum atomic E-state index is 4.83. The summed E-state index contributed by atoms with van der Waals surface area (Å²) in [6, 6.07) is 2.17. The Kier molecular flexibility index (Phi) is 3.03. The fourth-order valence-corrected chi connectivity index (χ4v) is 4.25. The molecule has 0 aliphatic carbocycles. The molecule has 1 saturated heterocycles. The van der Waals surface area contributed by atoms with Crippen molar-refractivity contribution in [2.45, 2.75) is 19.3 Å². The van der Waals surface area contributed by atoms with Crippen LogP contribution in [0.4, 0.5) is 0 Å². The number of thiazole rings is 1. The first-order chi connectivity index (χ1) is 8.24. The summed E-state index contributed by atoms with van der Waals surface area (Å²) < 4.78 is 0. The average Bonchev–Trinajstić information content (AvgIpc) is 2.97. The smallest absolute Gasteiger partial charge is 0.0977 e. The molecule has 0 amide bonds. The minimum Gasteiger partial charge on any atom is -0.306 e. The molecule has 1 aliphatic rings. The van der Waals surface area contributed by atoms with Gasteiger partial charge in [-0.2, -0.15) is 0 Å². The second-order valence-electron chi connectivity index (χ2n) is 4.75. The zero-order valence-corrected chi connectivity index (χ0v) is 11.8. The lowest BCUT2D eigenvalue weighted by molar-refractivity contribution is 0.411. The van der Waals surface area contributed by atoms with Crippen LogP contribution in [0.1, 0.15) is 22.9 Å². The van der Waals surface area contributed by atoms with E-state index in [9.17, 15) is 0 Å². The van der Waals surface area contributed by atoms with E-state index in [2.05, 4.69) is 35.7 Å². The third-order valence-electron chi connectivity index (χ3n) is 3.36. The number of thiophene rings is 1. The summed E-state index contributed by atoms with van der Waals surface area (Å²) in [5.74, 6) is 0.652. The Labute approximate surface area is 110 Å². The van der Waals surface area contributed by atoms with Gasteiger partial charge in [-0.1, -0.05) is 0 Å². The lowest BCUT2D eigenvalue weighted by Crippen LogP contribution is -2.13. The molecule has 90 valence electrons. The third kappa shape index (κ3) is 2.17. The van der Waals surface area contributed by atoms with Crippen LogP contribution in [0.25, 0.3) is 10.6 Å². The van der Waals surface area contributed by atoms with Crippen LogP contribution in [-0.2, 0) is 0 Å². The van der Waals surface area contributed by atoms with Gasteiger partial charge >= 0.3 is 0 Å². The molecule has 0 bridgehead atoms. The fourth-order valence-electron chi connectivity index (χ4n) is 2.35. The van der Waals surface area contributed by atoms with Gasteiger partial charge in [0, 0.05) is 17.8 Å². The number of hydrogen-bond acceptors (Lipinski definition) is 4. The predicted octanol–water partition coefficient (Wildman–Crippen LogP) is 3.60. The molecule has 1 atom stereocenters. The first-order valence-electron chi connectivity index (χ1n) is 5.92. The van der Waals surface area contributed by atoms with Gasteiger partial charge in [-0.05, 0) is 43.9 Å². The largest absolute Gasteiger partial charge is 0.306 e. The second-order valence-corrected chi connectivity index (χ2v) is 6.56. The van der Waals surface area contributed by atoms with E-state index in [1.165, 1.54) is 34.1 Å². The fraction of sp³-hybridized carbons (Fsp3) is 0.462. The van der Waals surface area contributed by atoms with Crippen molar-refractivity contribution < 1.29 is 0 Å². The molecule has 1 fully saturated rings. The summed E-state index contributed by atoms with van der Waals surface area (Å²) in [5.41, 5.74) is 2.52. The molecule has 0 N–H and O–H groups in total. The maximum absolute atomic E-state index is 4.83. The van der Waals surface area contributed by atoms with Crippen molar-refractivity contribution in [3.63, 3.8) is 0 Å². The van der Waals surface area contributed by atoms with Gasteiger partial charge in [0.1, 0.15) is 0 Å². The predicted molar refractivity (Wildman–Crippen MR) is 75.0 cm³/mol. The molecule has 1 aliphatic heterocycles. The topological polar surface area (TPSA) is 16.1 Å². The van der Waals surface area contributed by atoms with Crippen LogP contribution < -0.4 is 0 Å². The minimum absolute atomic E-state index is 0.652. The zero-order chi connectivity index (χ0) is 11.8. The van der Waals surface area contributed by atoms with Crippen molar-refractivity contribution in [2.24, 2.45) is 0 Å². The quantitative estimate of drug-likeness (QED) is 0.824. The molecule has 0 saturated carbocycles. The average molecular weight is 264 g/mol. The summed E-state index contributed by atoms with van der Waals surface area (Å²) >= 11 is 3.62. The van der Waals surface area contributed by atoms with Gasteiger partial charge in [-0.15, -0.1) is 22.7 Å². The molecule has 17 heavy (non-hydrogen) atoms. The Morgan fingerprint density at radius 3 is 2.94 bits per heavy atom. The molecular formula is C13H16N2S2. The summed E-state index contributed by atoms with van der Waals surface area (Å²) in [4.78, 5) is 8.56. The number of likely N-dealkylation sites (N-methyl/N-ethyl adjacent to an activating group) is 1. The van der Waals surface area contributed by atoms with Crippen LogP contribution in [0.2, 0.25) is 0 Å². The third-order valence-corrected chi connectivity index (χ3v) is 5.40. The standard InChI is InChI=1S/C13H16N2S2/c1-9-4-6-16-12(9)11-8-17-13(14-11)10-3-5-15(2)7-10/h4,6,8,10H,3,5,7H2,1-2H3. The van der Waals surface area contributed by atoms with Gasteiger partial charge in [0.15, 0.2) is 0 Å². The molecule has 4 heteroatoms. The molecule has 0 radical (unpaired) electrons. The van der Waals surface area contributed by atoms with Gasteiger partial charge in [0.25, 0.3) is 0 Å². The van der Waals surface area contributed by atoms with Gasteiger partial charge in [0.05, 0.1) is 15.6 Å². The van der Waals surface area contributed by atoms with Crippen LogP contribution >= 0.6 is 22.7 Å². The molecule has 2 aromatic rings. The second kappa shape index (κ2) is 4.52. The minimum atomic E-state index is 0.652. The van der Waals surface area contributed by atoms with Gasteiger partial charge in [0.2, 0.25) is 0 Å². The number of hydrogen-bond donors (Lipinski definition) is 0. The maximum Gasteiger partial charge on any atom is 0.0977 e. The Hall–Kier alpha value is -0.710. The van der Waals surface area contributed by atoms with E-state index in [0.717, 1.165) is 6.54 Å². The van der Waals surface area contributed by atoms with Crippen LogP contribution in [0, 0.1) is 6.92 Å². The monoisotopic (exact) mass is 264 g/mol. The lowest BCUT2D eigenvalue weighted by atomic mass is 10.1. The normalized spacial score (nSPS) is 21.2. The van der Waals surface area contributed by atoms with E-state index < -0.39 is 0 Å². The first-order valence-corrected chi connectivity index (χ1v) is 7.68. The highest BCUT2D eigenvalue weighted by Gasteiger charge is 2.24. The van der Waals surface area contributed by atoms with E-state index in [1.807, 2.05) is 11.3 Å². The van der Waals surface area contributed by atoms with Gasteiger partial charge < -0.3 is 4.90 Å². The van der Waals surface area contributed by atoms with E-state index >= 15 is 0 Å². The number of aromatic nitrogens is 1. The molecule has 0 aromatic carbocycles. The Balaban J connectivity index is 1.86. The highest BCUT2D eigenvalue weighted by Crippen LogP contribution is 2.34. The summed E-state index contributed by atoms with van der Waals surface area (Å²) in [5, 5.41) is 5.68. The molecule has 3 heterocycles. The van der Waals surface area contributed by atoms with Gasteiger partial charge in [-0.25, -0.2) is 4.98 Å². The van der Waals surface area contributed by atoms with Crippen LogP contribution in [-0.4, -0.2) is 30.0 Å². The summed E-state index contributed by atoms with van der Waals surface area (Å²) in [6.07, 6.45) is 1.26. The van der Waals surface area contributed by atoms with Crippen molar-refractivity contribution in [1.29, 1.82) is 0 Å². The number of aryl methyl sites for hydroxylation is 1. The molecule has 0 spiro atoms. The lowest BCUT2D eigenvalue weighted by Gasteiger charge is -2.06. The summed E-state index contributed by atoms with van der Waals surface area (Å²) in [7, 11) is 2.19. The number of nitrogens with zero attached hydrogens (tertiary/aromatic N) is 2. The molecule has 2 nitrogen and oxygen atoms in total. The zero-order valence-electron chi connectivity index (χ0n) is 10.1. The van der Waals surface area contributed by atoms with Crippen molar-refractivity contribution >= 4 is 22.7 Å². The van der Waals surface area contributed by atoms with Gasteiger partial charge in [-0.3, -0.25) is 0 Å². The number of rotatable bonds is 2. The van der Waals surface area contributed by atoms with Crippen LogP contribution in [0.5, 0.6) is 0 Å². The van der Waals surface area contributed by atoms with E-state index in [-0.39, 0.29) is 0 Å². The van der Waals surface area contributed by atoms with E-state index in [4.69, 9.17) is 4.98 Å². The SMILES string of the molecule is Cc1ccsc1-c1csc(C2CCN(C)C2)n1. The Bertz CT molecular complexity index is 515. The van der Waals surface area contributed by atoms with E-state index in [0.29, 0.717) is 5.92 Å².